The molecule has 2 N–H and O–H groups in total. The fraction of sp³-hybridized carbons (Fsp3) is 0.778. The summed E-state index contributed by atoms with van der Waals surface area (Å²) in [5.74, 6) is -0.197. The van der Waals surface area contributed by atoms with E-state index in [0.29, 0.717) is 32.2 Å². The van der Waals surface area contributed by atoms with Crippen LogP contribution in [0.2, 0.25) is 0 Å². The van der Waals surface area contributed by atoms with Gasteiger partial charge in [0.25, 0.3) is 0 Å². The molecule has 2 aliphatic rings. The van der Waals surface area contributed by atoms with Gasteiger partial charge in [0.1, 0.15) is 0 Å². The highest BCUT2D eigenvalue weighted by atomic mass is 16.2. The summed E-state index contributed by atoms with van der Waals surface area (Å²) in [5, 5.41) is 0. The van der Waals surface area contributed by atoms with Crippen LogP contribution in [-0.2, 0) is 9.59 Å². The average Bonchev–Trinajstić information content (AvgIpc) is 2.93. The third-order valence-corrected chi connectivity index (χ3v) is 2.69. The van der Waals surface area contributed by atoms with Crippen molar-refractivity contribution in [1.82, 2.24) is 9.80 Å². The summed E-state index contributed by atoms with van der Waals surface area (Å²) in [6.07, 6.45) is 2.24. The van der Waals surface area contributed by atoms with E-state index in [-0.39, 0.29) is 11.8 Å². The fourth-order valence-corrected chi connectivity index (χ4v) is 1.79. The van der Waals surface area contributed by atoms with E-state index in [1.165, 1.54) is 4.90 Å². The van der Waals surface area contributed by atoms with E-state index in [4.69, 9.17) is 5.73 Å². The SMILES string of the molecule is NCCN1C(=O)CN(C2CC2)CC1=O. The Morgan fingerprint density at radius 3 is 2.21 bits per heavy atom. The maximum Gasteiger partial charge on any atom is 0.243 e. The van der Waals surface area contributed by atoms with Crippen LogP contribution >= 0.6 is 0 Å². The molecule has 0 unspecified atom stereocenters. The van der Waals surface area contributed by atoms with Gasteiger partial charge in [0, 0.05) is 19.1 Å². The second kappa shape index (κ2) is 3.67. The molecule has 0 atom stereocenters. The van der Waals surface area contributed by atoms with Crippen molar-refractivity contribution < 1.29 is 9.59 Å². The maximum atomic E-state index is 11.5. The minimum absolute atomic E-state index is 0.0985. The molecule has 1 heterocycles. The normalized spacial score (nSPS) is 24.5. The number of imide groups is 1. The van der Waals surface area contributed by atoms with Crippen LogP contribution < -0.4 is 5.73 Å². The van der Waals surface area contributed by atoms with Crippen LogP contribution in [-0.4, -0.2) is 53.8 Å². The lowest BCUT2D eigenvalue weighted by molar-refractivity contribution is -0.151. The molecule has 2 fully saturated rings. The Hall–Kier alpha value is -0.940. The summed E-state index contributed by atoms with van der Waals surface area (Å²) in [5.41, 5.74) is 5.33. The lowest BCUT2D eigenvalue weighted by atomic mass is 10.3. The van der Waals surface area contributed by atoms with Crippen LogP contribution in [0.5, 0.6) is 0 Å². The Balaban J connectivity index is 1.98. The number of rotatable bonds is 3. The Labute approximate surface area is 82.8 Å². The third kappa shape index (κ3) is 1.78. The first kappa shape index (κ1) is 9.61. The highest BCUT2D eigenvalue weighted by Crippen LogP contribution is 2.27. The largest absolute Gasteiger partial charge is 0.329 e. The number of piperazine rings is 1. The van der Waals surface area contributed by atoms with E-state index in [2.05, 4.69) is 0 Å². The van der Waals surface area contributed by atoms with Gasteiger partial charge in [-0.15, -0.1) is 0 Å². The van der Waals surface area contributed by atoms with Gasteiger partial charge in [-0.25, -0.2) is 0 Å². The highest BCUT2D eigenvalue weighted by molar-refractivity contribution is 5.99. The summed E-state index contributed by atoms with van der Waals surface area (Å²) < 4.78 is 0. The molecule has 0 aromatic heterocycles. The zero-order chi connectivity index (χ0) is 10.1. The Morgan fingerprint density at radius 1 is 1.21 bits per heavy atom. The zero-order valence-corrected chi connectivity index (χ0v) is 8.11. The summed E-state index contributed by atoms with van der Waals surface area (Å²) in [4.78, 5) is 26.3. The number of nitrogens with zero attached hydrogens (tertiary/aromatic N) is 2. The maximum absolute atomic E-state index is 11.5. The van der Waals surface area contributed by atoms with E-state index in [0.717, 1.165) is 12.8 Å². The molecule has 0 aromatic carbocycles. The van der Waals surface area contributed by atoms with Crippen LogP contribution in [0.15, 0.2) is 0 Å². The predicted molar refractivity (Wildman–Crippen MR) is 50.4 cm³/mol. The van der Waals surface area contributed by atoms with Crippen molar-refractivity contribution in [2.45, 2.75) is 18.9 Å². The van der Waals surface area contributed by atoms with E-state index >= 15 is 0 Å². The first-order valence-electron chi connectivity index (χ1n) is 4.99. The molecule has 0 bridgehead atoms. The fourth-order valence-electron chi connectivity index (χ4n) is 1.79. The van der Waals surface area contributed by atoms with Crippen LogP contribution in [0, 0.1) is 0 Å². The number of nitrogens with two attached hydrogens (primary N) is 1. The first-order valence-corrected chi connectivity index (χ1v) is 4.99. The second-order valence-corrected chi connectivity index (χ2v) is 3.86. The van der Waals surface area contributed by atoms with Gasteiger partial charge in [-0.1, -0.05) is 0 Å². The third-order valence-electron chi connectivity index (χ3n) is 2.69. The molecule has 1 saturated heterocycles. The lowest BCUT2D eigenvalue weighted by Crippen LogP contribution is -2.55. The van der Waals surface area contributed by atoms with Gasteiger partial charge in [0.05, 0.1) is 13.1 Å². The highest BCUT2D eigenvalue weighted by Gasteiger charge is 2.38. The molecule has 78 valence electrons. The second-order valence-electron chi connectivity index (χ2n) is 3.86. The Kier molecular flexibility index (Phi) is 2.52. The van der Waals surface area contributed by atoms with Crippen LogP contribution in [0.25, 0.3) is 0 Å². The molecular weight excluding hydrogens is 182 g/mol. The molecule has 1 saturated carbocycles. The van der Waals surface area contributed by atoms with Gasteiger partial charge < -0.3 is 5.73 Å². The lowest BCUT2D eigenvalue weighted by Gasteiger charge is -2.32. The van der Waals surface area contributed by atoms with Crippen molar-refractivity contribution in [1.29, 1.82) is 0 Å². The molecule has 1 aliphatic carbocycles. The Bertz CT molecular complexity index is 245. The van der Waals surface area contributed by atoms with Gasteiger partial charge in [-0.3, -0.25) is 19.4 Å². The van der Waals surface area contributed by atoms with Crippen LogP contribution in [0.4, 0.5) is 0 Å². The molecular formula is C9H15N3O2. The number of hydrogen-bond donors (Lipinski definition) is 1. The molecule has 0 radical (unpaired) electrons. The first-order chi connectivity index (χ1) is 6.72. The van der Waals surface area contributed by atoms with Crippen molar-refractivity contribution in [3.05, 3.63) is 0 Å². The van der Waals surface area contributed by atoms with Gasteiger partial charge in [-0.05, 0) is 12.8 Å². The van der Waals surface area contributed by atoms with Crippen molar-refractivity contribution >= 4 is 11.8 Å². The van der Waals surface area contributed by atoms with Crippen molar-refractivity contribution in [3.8, 4) is 0 Å². The van der Waals surface area contributed by atoms with Crippen LogP contribution in [0.3, 0.4) is 0 Å². The van der Waals surface area contributed by atoms with Gasteiger partial charge in [0.15, 0.2) is 0 Å². The van der Waals surface area contributed by atoms with E-state index < -0.39 is 0 Å². The smallest absolute Gasteiger partial charge is 0.243 e. The molecule has 14 heavy (non-hydrogen) atoms. The van der Waals surface area contributed by atoms with E-state index in [9.17, 15) is 9.59 Å². The molecule has 5 heteroatoms. The quantitative estimate of drug-likeness (QED) is 0.576. The minimum atomic E-state index is -0.0985. The van der Waals surface area contributed by atoms with Gasteiger partial charge in [-0.2, -0.15) is 0 Å². The van der Waals surface area contributed by atoms with Crippen molar-refractivity contribution in [3.63, 3.8) is 0 Å². The number of carbonyl (C=O) groups excluding carboxylic acids is 2. The molecule has 2 amide bonds. The van der Waals surface area contributed by atoms with Gasteiger partial charge >= 0.3 is 0 Å². The van der Waals surface area contributed by atoms with Crippen molar-refractivity contribution in [2.75, 3.05) is 26.2 Å². The monoisotopic (exact) mass is 197 g/mol. The number of amides is 2. The number of carbonyl (C=O) groups is 2. The summed E-state index contributed by atoms with van der Waals surface area (Å²) in [6.45, 7) is 1.48. The number of hydrogen-bond acceptors (Lipinski definition) is 4. The van der Waals surface area contributed by atoms with E-state index in [1.807, 2.05) is 4.90 Å². The molecule has 2 rings (SSSR count). The van der Waals surface area contributed by atoms with Gasteiger partial charge in [0.2, 0.25) is 11.8 Å². The summed E-state index contributed by atoms with van der Waals surface area (Å²) in [6, 6.07) is 0.475. The summed E-state index contributed by atoms with van der Waals surface area (Å²) >= 11 is 0. The summed E-state index contributed by atoms with van der Waals surface area (Å²) in [7, 11) is 0. The zero-order valence-electron chi connectivity index (χ0n) is 8.11. The minimum Gasteiger partial charge on any atom is -0.329 e. The van der Waals surface area contributed by atoms with Crippen LogP contribution in [0.1, 0.15) is 12.8 Å². The molecule has 0 spiro atoms. The molecule has 1 aliphatic heterocycles. The Morgan fingerprint density at radius 2 is 1.79 bits per heavy atom. The standard InChI is InChI=1S/C9H15N3O2/c10-3-4-12-8(13)5-11(6-9(12)14)7-1-2-7/h7H,1-6,10H2. The molecule has 0 aromatic rings. The van der Waals surface area contributed by atoms with Crippen molar-refractivity contribution in [2.24, 2.45) is 5.73 Å². The molecule has 5 nitrogen and oxygen atoms in total. The predicted octanol–water partition coefficient (Wildman–Crippen LogP) is -1.22. The topological polar surface area (TPSA) is 66.6 Å². The average molecular weight is 197 g/mol. The van der Waals surface area contributed by atoms with E-state index in [1.54, 1.807) is 0 Å².